The summed E-state index contributed by atoms with van der Waals surface area (Å²) in [5, 5.41) is 8.80. The second-order valence-electron chi connectivity index (χ2n) is 5.29. The van der Waals surface area contributed by atoms with Crippen molar-refractivity contribution in [1.82, 2.24) is 0 Å². The van der Waals surface area contributed by atoms with Gasteiger partial charge >= 0.3 is 5.97 Å². The number of rotatable bonds is 4. The van der Waals surface area contributed by atoms with Crippen LogP contribution in [0.2, 0.25) is 0 Å². The number of hydrogen-bond acceptors (Lipinski definition) is 3. The average Bonchev–Trinajstić information content (AvgIpc) is 2.63. The molecule has 1 aliphatic rings. The Kier molecular flexibility index (Phi) is 3.93. The van der Waals surface area contributed by atoms with E-state index in [4.69, 9.17) is 5.11 Å². The minimum absolute atomic E-state index is 0.0424. The molecule has 2 rings (SSSR count). The Morgan fingerprint density at radius 3 is 2.00 bits per heavy atom. The minimum atomic E-state index is -0.855. The van der Waals surface area contributed by atoms with Crippen LogP contribution in [0.4, 0.5) is 5.69 Å². The monoisotopic (exact) mass is 287 g/mol. The first-order valence-electron chi connectivity index (χ1n) is 6.71. The van der Waals surface area contributed by atoms with Gasteiger partial charge in [0, 0.05) is 11.1 Å². The number of carbonyl (C=O) groups excluding carboxylic acids is 2. The van der Waals surface area contributed by atoms with Gasteiger partial charge in [0.05, 0.1) is 12.1 Å². The molecule has 5 nitrogen and oxygen atoms in total. The van der Waals surface area contributed by atoms with Gasteiger partial charge in [-0.3, -0.25) is 14.4 Å². The Labute approximate surface area is 122 Å². The standard InChI is InChI=1S/C16H17NO4/c1-9(8-14(18)19)12-4-6-13(7-5-12)17-15(20)10(2)11(3)16(17)21/h4-7,9H,8H2,1-3H3,(H,18,19). The number of carboxylic acid groups (broad SMARTS) is 1. The van der Waals surface area contributed by atoms with Crippen LogP contribution in [0.5, 0.6) is 0 Å². The predicted molar refractivity (Wildman–Crippen MR) is 78.0 cm³/mol. The van der Waals surface area contributed by atoms with Crippen LogP contribution in [0.25, 0.3) is 0 Å². The van der Waals surface area contributed by atoms with E-state index < -0.39 is 5.97 Å². The van der Waals surface area contributed by atoms with Gasteiger partial charge < -0.3 is 5.11 Å². The lowest BCUT2D eigenvalue weighted by Gasteiger charge is -2.16. The molecule has 21 heavy (non-hydrogen) atoms. The van der Waals surface area contributed by atoms with Gasteiger partial charge in [0.25, 0.3) is 11.8 Å². The third kappa shape index (κ3) is 2.72. The normalized spacial score (nSPS) is 16.6. The van der Waals surface area contributed by atoms with E-state index in [0.717, 1.165) is 10.5 Å². The highest BCUT2D eigenvalue weighted by Crippen LogP contribution is 2.28. The lowest BCUT2D eigenvalue weighted by Crippen LogP contribution is -2.31. The van der Waals surface area contributed by atoms with Gasteiger partial charge in [-0.05, 0) is 37.5 Å². The van der Waals surface area contributed by atoms with Gasteiger partial charge in [-0.25, -0.2) is 4.90 Å². The van der Waals surface area contributed by atoms with Crippen molar-refractivity contribution in [2.45, 2.75) is 33.1 Å². The van der Waals surface area contributed by atoms with Gasteiger partial charge in [-0.2, -0.15) is 0 Å². The summed E-state index contributed by atoms with van der Waals surface area (Å²) in [6, 6.07) is 6.86. The van der Waals surface area contributed by atoms with Crippen LogP contribution < -0.4 is 4.90 Å². The molecule has 0 bridgehead atoms. The number of carbonyl (C=O) groups is 3. The lowest BCUT2D eigenvalue weighted by atomic mass is 9.97. The Bertz CT molecular complexity index is 619. The van der Waals surface area contributed by atoms with Gasteiger partial charge in [0.15, 0.2) is 0 Å². The van der Waals surface area contributed by atoms with E-state index in [1.165, 1.54) is 0 Å². The first kappa shape index (κ1) is 15.0. The van der Waals surface area contributed by atoms with Gasteiger partial charge in [-0.1, -0.05) is 19.1 Å². The summed E-state index contributed by atoms with van der Waals surface area (Å²) in [5.41, 5.74) is 2.29. The first-order valence-corrected chi connectivity index (χ1v) is 6.71. The molecule has 110 valence electrons. The summed E-state index contributed by atoms with van der Waals surface area (Å²) in [7, 11) is 0. The number of imide groups is 1. The van der Waals surface area contributed by atoms with E-state index in [-0.39, 0.29) is 24.2 Å². The van der Waals surface area contributed by atoms with Crippen molar-refractivity contribution in [3.63, 3.8) is 0 Å². The summed E-state index contributed by atoms with van der Waals surface area (Å²) in [5.74, 6) is -1.58. The maximum Gasteiger partial charge on any atom is 0.303 e. The van der Waals surface area contributed by atoms with E-state index >= 15 is 0 Å². The molecule has 1 N–H and O–H groups in total. The van der Waals surface area contributed by atoms with Crippen LogP contribution in [0.15, 0.2) is 35.4 Å². The van der Waals surface area contributed by atoms with Crippen molar-refractivity contribution in [1.29, 1.82) is 0 Å². The van der Waals surface area contributed by atoms with Gasteiger partial charge in [0.1, 0.15) is 0 Å². The molecule has 1 aromatic rings. The molecule has 0 saturated heterocycles. The van der Waals surface area contributed by atoms with Crippen molar-refractivity contribution in [3.8, 4) is 0 Å². The Hall–Kier alpha value is -2.43. The summed E-state index contributed by atoms with van der Waals surface area (Å²) >= 11 is 0. The predicted octanol–water partition coefficient (Wildman–Crippen LogP) is 2.47. The van der Waals surface area contributed by atoms with Crippen molar-refractivity contribution in [2.75, 3.05) is 4.90 Å². The van der Waals surface area contributed by atoms with Crippen LogP contribution in [0.3, 0.4) is 0 Å². The fourth-order valence-electron chi connectivity index (χ4n) is 2.31. The van der Waals surface area contributed by atoms with Gasteiger partial charge in [0.2, 0.25) is 0 Å². The molecule has 0 spiro atoms. The molecule has 2 amide bonds. The third-order valence-corrected chi connectivity index (χ3v) is 3.81. The maximum absolute atomic E-state index is 12.1. The Balaban J connectivity index is 2.23. The quantitative estimate of drug-likeness (QED) is 0.863. The molecule has 1 unspecified atom stereocenters. The maximum atomic E-state index is 12.1. The number of hydrogen-bond donors (Lipinski definition) is 1. The first-order chi connectivity index (χ1) is 9.82. The van der Waals surface area contributed by atoms with Crippen LogP contribution in [-0.4, -0.2) is 22.9 Å². The molecular formula is C16H17NO4. The molecule has 0 fully saturated rings. The zero-order chi connectivity index (χ0) is 15.7. The minimum Gasteiger partial charge on any atom is -0.481 e. The third-order valence-electron chi connectivity index (χ3n) is 3.81. The highest BCUT2D eigenvalue weighted by atomic mass is 16.4. The average molecular weight is 287 g/mol. The van der Waals surface area contributed by atoms with Crippen LogP contribution in [0, 0.1) is 0 Å². The van der Waals surface area contributed by atoms with Crippen molar-refractivity contribution in [3.05, 3.63) is 41.0 Å². The molecule has 5 heteroatoms. The van der Waals surface area contributed by atoms with Crippen LogP contribution in [0.1, 0.15) is 38.7 Å². The van der Waals surface area contributed by atoms with Crippen molar-refractivity contribution in [2.24, 2.45) is 0 Å². The molecular weight excluding hydrogens is 270 g/mol. The van der Waals surface area contributed by atoms with Crippen LogP contribution in [-0.2, 0) is 14.4 Å². The molecule has 1 atom stereocenters. The summed E-state index contributed by atoms with van der Waals surface area (Å²) in [6.07, 6.45) is 0.0424. The van der Waals surface area contributed by atoms with E-state index in [2.05, 4.69) is 0 Å². The number of aliphatic carboxylic acids is 1. The zero-order valence-electron chi connectivity index (χ0n) is 12.2. The number of benzene rings is 1. The highest BCUT2D eigenvalue weighted by molar-refractivity contribution is 6.32. The number of carboxylic acids is 1. The Morgan fingerprint density at radius 2 is 1.57 bits per heavy atom. The molecule has 1 aromatic carbocycles. The molecule has 1 heterocycles. The molecule has 0 aliphatic carbocycles. The van der Waals surface area contributed by atoms with E-state index in [0.29, 0.717) is 16.8 Å². The zero-order valence-corrected chi connectivity index (χ0v) is 12.2. The summed E-state index contributed by atoms with van der Waals surface area (Å²) in [6.45, 7) is 5.10. The van der Waals surface area contributed by atoms with Gasteiger partial charge in [-0.15, -0.1) is 0 Å². The molecule has 0 aromatic heterocycles. The smallest absolute Gasteiger partial charge is 0.303 e. The molecule has 0 radical (unpaired) electrons. The highest BCUT2D eigenvalue weighted by Gasteiger charge is 2.34. The number of anilines is 1. The van der Waals surface area contributed by atoms with E-state index in [1.807, 2.05) is 6.92 Å². The van der Waals surface area contributed by atoms with Crippen molar-refractivity contribution >= 4 is 23.5 Å². The largest absolute Gasteiger partial charge is 0.481 e. The summed E-state index contributed by atoms with van der Waals surface area (Å²) in [4.78, 5) is 36.0. The lowest BCUT2D eigenvalue weighted by molar-refractivity contribution is -0.137. The summed E-state index contributed by atoms with van der Waals surface area (Å²) < 4.78 is 0. The topological polar surface area (TPSA) is 74.7 Å². The second-order valence-corrected chi connectivity index (χ2v) is 5.29. The number of amides is 2. The Morgan fingerprint density at radius 1 is 1.10 bits per heavy atom. The second kappa shape index (κ2) is 5.52. The molecule has 1 aliphatic heterocycles. The van der Waals surface area contributed by atoms with Crippen molar-refractivity contribution < 1.29 is 19.5 Å². The fourth-order valence-corrected chi connectivity index (χ4v) is 2.31. The van der Waals surface area contributed by atoms with E-state index in [9.17, 15) is 14.4 Å². The SMILES string of the molecule is CC1=C(C)C(=O)N(c2ccc(C(C)CC(=O)O)cc2)C1=O. The number of nitrogens with zero attached hydrogens (tertiary/aromatic N) is 1. The molecule has 0 saturated carbocycles. The van der Waals surface area contributed by atoms with Crippen LogP contribution >= 0.6 is 0 Å². The van der Waals surface area contributed by atoms with E-state index in [1.54, 1.807) is 38.1 Å². The fraction of sp³-hybridized carbons (Fsp3) is 0.312.